The summed E-state index contributed by atoms with van der Waals surface area (Å²) in [5, 5.41) is 4.19. The molecule has 1 fully saturated rings. The van der Waals surface area contributed by atoms with Gasteiger partial charge in [0.2, 0.25) is 5.91 Å². The molecule has 1 saturated heterocycles. The Morgan fingerprint density at radius 1 is 1.21 bits per heavy atom. The normalized spacial score (nSPS) is 17.2. The molecule has 0 bridgehead atoms. The third kappa shape index (κ3) is 4.11. The monoisotopic (exact) mass is 402 g/mol. The Balaban J connectivity index is 1.47. The average molecular weight is 402 g/mol. The molecule has 2 aromatic heterocycles. The number of benzene rings is 1. The molecule has 0 N–H and O–H groups in total. The van der Waals surface area contributed by atoms with Gasteiger partial charge in [-0.25, -0.2) is 9.50 Å². The number of halogens is 3. The number of amides is 1. The number of rotatable bonds is 4. The number of carbonyl (C=O) groups excluding carboxylic acids is 1. The SMILES string of the molecule is Cc1cc(C(F)(F)F)n2nc([C@H]3CCN(C(=O)CCc4ccccc4)C3)cc2n1. The van der Waals surface area contributed by atoms with Crippen molar-refractivity contribution in [3.8, 4) is 0 Å². The molecule has 0 saturated carbocycles. The molecule has 3 aromatic rings. The lowest BCUT2D eigenvalue weighted by Crippen LogP contribution is -2.28. The van der Waals surface area contributed by atoms with Crippen molar-refractivity contribution >= 4 is 11.6 Å². The van der Waals surface area contributed by atoms with Gasteiger partial charge in [-0.1, -0.05) is 30.3 Å². The van der Waals surface area contributed by atoms with E-state index < -0.39 is 11.9 Å². The zero-order chi connectivity index (χ0) is 20.6. The van der Waals surface area contributed by atoms with Crippen LogP contribution in [0.15, 0.2) is 42.5 Å². The minimum Gasteiger partial charge on any atom is -0.342 e. The molecule has 1 aliphatic rings. The fourth-order valence-corrected chi connectivity index (χ4v) is 3.80. The summed E-state index contributed by atoms with van der Waals surface area (Å²) < 4.78 is 40.9. The van der Waals surface area contributed by atoms with Crippen LogP contribution in [0, 0.1) is 6.92 Å². The highest BCUT2D eigenvalue weighted by atomic mass is 19.4. The number of alkyl halides is 3. The summed E-state index contributed by atoms with van der Waals surface area (Å²) in [7, 11) is 0. The van der Waals surface area contributed by atoms with E-state index in [0.717, 1.165) is 16.1 Å². The second kappa shape index (κ2) is 7.50. The second-order valence-corrected chi connectivity index (χ2v) is 7.43. The molecule has 29 heavy (non-hydrogen) atoms. The summed E-state index contributed by atoms with van der Waals surface area (Å²) >= 11 is 0. The van der Waals surface area contributed by atoms with Crippen molar-refractivity contribution in [2.75, 3.05) is 13.1 Å². The van der Waals surface area contributed by atoms with E-state index in [1.807, 2.05) is 30.3 Å². The van der Waals surface area contributed by atoms with Crippen molar-refractivity contribution in [2.24, 2.45) is 0 Å². The number of fused-ring (bicyclic) bond motifs is 1. The molecule has 1 aliphatic heterocycles. The van der Waals surface area contributed by atoms with Gasteiger partial charge in [0.05, 0.1) is 5.69 Å². The second-order valence-electron chi connectivity index (χ2n) is 7.43. The average Bonchev–Trinajstić information content (AvgIpc) is 3.32. The Kier molecular flexibility index (Phi) is 5.02. The van der Waals surface area contributed by atoms with Gasteiger partial charge in [0.1, 0.15) is 5.69 Å². The first-order valence-corrected chi connectivity index (χ1v) is 9.57. The fourth-order valence-electron chi connectivity index (χ4n) is 3.80. The molecule has 0 spiro atoms. The van der Waals surface area contributed by atoms with Crippen molar-refractivity contribution < 1.29 is 18.0 Å². The summed E-state index contributed by atoms with van der Waals surface area (Å²) in [5.74, 6) is -0.0242. The lowest BCUT2D eigenvalue weighted by molar-refractivity contribution is -0.142. The number of hydrogen-bond acceptors (Lipinski definition) is 3. The first-order chi connectivity index (χ1) is 13.8. The molecule has 1 atom stereocenters. The van der Waals surface area contributed by atoms with Crippen molar-refractivity contribution in [3.05, 3.63) is 65.1 Å². The topological polar surface area (TPSA) is 50.5 Å². The summed E-state index contributed by atoms with van der Waals surface area (Å²) in [6.45, 7) is 2.59. The van der Waals surface area contributed by atoms with Gasteiger partial charge < -0.3 is 4.90 Å². The molecule has 0 unspecified atom stereocenters. The van der Waals surface area contributed by atoms with Crippen LogP contribution in [0.4, 0.5) is 13.2 Å². The zero-order valence-corrected chi connectivity index (χ0v) is 16.0. The van der Waals surface area contributed by atoms with Crippen LogP contribution in [-0.2, 0) is 17.4 Å². The number of nitrogens with zero attached hydrogens (tertiary/aromatic N) is 4. The van der Waals surface area contributed by atoms with Gasteiger partial charge >= 0.3 is 6.18 Å². The highest BCUT2D eigenvalue weighted by molar-refractivity contribution is 5.76. The van der Waals surface area contributed by atoms with Gasteiger partial charge in [-0.05, 0) is 31.4 Å². The van der Waals surface area contributed by atoms with Gasteiger partial charge in [-0.3, -0.25) is 4.79 Å². The quantitative estimate of drug-likeness (QED) is 0.663. The Bertz CT molecular complexity index is 1030. The van der Waals surface area contributed by atoms with E-state index >= 15 is 0 Å². The van der Waals surface area contributed by atoms with Gasteiger partial charge in [-0.2, -0.15) is 18.3 Å². The van der Waals surface area contributed by atoms with Crippen LogP contribution in [0.3, 0.4) is 0 Å². The zero-order valence-electron chi connectivity index (χ0n) is 16.0. The van der Waals surface area contributed by atoms with Gasteiger partial charge in [0.15, 0.2) is 5.65 Å². The highest BCUT2D eigenvalue weighted by Gasteiger charge is 2.36. The molecule has 0 aliphatic carbocycles. The summed E-state index contributed by atoms with van der Waals surface area (Å²) in [5.41, 5.74) is 1.30. The molecular weight excluding hydrogens is 381 g/mol. The predicted molar refractivity (Wildman–Crippen MR) is 101 cm³/mol. The summed E-state index contributed by atoms with van der Waals surface area (Å²) in [6.07, 6.45) is -2.74. The van der Waals surface area contributed by atoms with E-state index in [4.69, 9.17) is 0 Å². The van der Waals surface area contributed by atoms with Crippen LogP contribution in [0.25, 0.3) is 5.65 Å². The number of likely N-dealkylation sites (tertiary alicyclic amines) is 1. The molecule has 152 valence electrons. The molecule has 1 amide bonds. The third-order valence-corrected chi connectivity index (χ3v) is 5.29. The maximum Gasteiger partial charge on any atom is 0.433 e. The van der Waals surface area contributed by atoms with Crippen LogP contribution in [0.5, 0.6) is 0 Å². The van der Waals surface area contributed by atoms with E-state index in [0.29, 0.717) is 43.7 Å². The van der Waals surface area contributed by atoms with E-state index in [1.54, 1.807) is 11.0 Å². The van der Waals surface area contributed by atoms with Gasteiger partial charge in [-0.15, -0.1) is 0 Å². The highest BCUT2D eigenvalue weighted by Crippen LogP contribution is 2.32. The van der Waals surface area contributed by atoms with Crippen LogP contribution in [-0.4, -0.2) is 38.5 Å². The van der Waals surface area contributed by atoms with Crippen LogP contribution in [0.2, 0.25) is 0 Å². The van der Waals surface area contributed by atoms with E-state index in [1.165, 1.54) is 6.92 Å². The third-order valence-electron chi connectivity index (χ3n) is 5.29. The predicted octanol–water partition coefficient (Wildman–Crippen LogP) is 4.01. The number of aromatic nitrogens is 3. The van der Waals surface area contributed by atoms with Crippen molar-refractivity contribution in [1.29, 1.82) is 0 Å². The summed E-state index contributed by atoms with van der Waals surface area (Å²) in [6, 6.07) is 12.4. The van der Waals surface area contributed by atoms with Crippen molar-refractivity contribution in [2.45, 2.75) is 38.3 Å². The molecule has 8 heteroatoms. The maximum atomic E-state index is 13.3. The van der Waals surface area contributed by atoms with E-state index in [-0.39, 0.29) is 17.5 Å². The standard InChI is InChI=1S/C21H21F3N4O/c1-14-11-18(21(22,23)24)28-19(25-14)12-17(26-28)16-9-10-27(13-16)20(29)8-7-15-5-3-2-4-6-15/h2-6,11-12,16H,7-10,13H2,1H3/t16-/m0/s1. The Labute approximate surface area is 166 Å². The lowest BCUT2D eigenvalue weighted by atomic mass is 10.1. The van der Waals surface area contributed by atoms with Crippen LogP contribution in [0.1, 0.15) is 41.4 Å². The maximum absolute atomic E-state index is 13.3. The Hall–Kier alpha value is -2.90. The van der Waals surface area contributed by atoms with Crippen LogP contribution < -0.4 is 0 Å². The molecule has 0 radical (unpaired) electrons. The molecular formula is C21H21F3N4O. The first kappa shape index (κ1) is 19.4. The van der Waals surface area contributed by atoms with Gasteiger partial charge in [0, 0.05) is 37.2 Å². The molecule has 4 rings (SSSR count). The fraction of sp³-hybridized carbons (Fsp3) is 0.381. The van der Waals surface area contributed by atoms with Crippen molar-refractivity contribution in [1.82, 2.24) is 19.5 Å². The smallest absolute Gasteiger partial charge is 0.342 e. The first-order valence-electron chi connectivity index (χ1n) is 9.57. The van der Waals surface area contributed by atoms with Crippen molar-refractivity contribution in [3.63, 3.8) is 0 Å². The largest absolute Gasteiger partial charge is 0.433 e. The Morgan fingerprint density at radius 3 is 2.69 bits per heavy atom. The molecule has 3 heterocycles. The van der Waals surface area contributed by atoms with E-state index in [2.05, 4.69) is 10.1 Å². The molecule has 1 aromatic carbocycles. The number of hydrogen-bond donors (Lipinski definition) is 0. The molecule has 5 nitrogen and oxygen atoms in total. The minimum absolute atomic E-state index is 0.0602. The van der Waals surface area contributed by atoms with E-state index in [9.17, 15) is 18.0 Å². The number of carbonyl (C=O) groups is 1. The van der Waals surface area contributed by atoms with Gasteiger partial charge in [0.25, 0.3) is 0 Å². The minimum atomic E-state index is -4.51. The summed E-state index contributed by atoms with van der Waals surface area (Å²) in [4.78, 5) is 18.5. The Morgan fingerprint density at radius 2 is 1.97 bits per heavy atom. The van der Waals surface area contributed by atoms with Crippen LogP contribution >= 0.6 is 0 Å². The number of aryl methyl sites for hydroxylation is 2. The lowest BCUT2D eigenvalue weighted by Gasteiger charge is -2.16.